The van der Waals surface area contributed by atoms with Crippen LogP contribution in [0, 0.1) is 12.7 Å². The Morgan fingerprint density at radius 3 is 2.71 bits per heavy atom. The summed E-state index contributed by atoms with van der Waals surface area (Å²) in [5, 5.41) is 0. The molecule has 1 heterocycles. The van der Waals surface area contributed by atoms with Crippen molar-refractivity contribution in [3.8, 4) is 0 Å². The van der Waals surface area contributed by atoms with E-state index in [-0.39, 0.29) is 5.82 Å². The molecule has 0 saturated heterocycles. The van der Waals surface area contributed by atoms with Crippen molar-refractivity contribution >= 4 is 22.6 Å². The molecule has 0 amide bonds. The van der Waals surface area contributed by atoms with Crippen LogP contribution in [0.5, 0.6) is 0 Å². The van der Waals surface area contributed by atoms with Crippen LogP contribution in [0.2, 0.25) is 0 Å². The Morgan fingerprint density at radius 1 is 1.41 bits per heavy atom. The van der Waals surface area contributed by atoms with E-state index in [9.17, 15) is 4.39 Å². The maximum atomic E-state index is 13.5. The lowest BCUT2D eigenvalue weighted by molar-refractivity contribution is 0.588. The van der Waals surface area contributed by atoms with Gasteiger partial charge in [0, 0.05) is 24.4 Å². The lowest BCUT2D eigenvalue weighted by Crippen LogP contribution is -2.07. The van der Waals surface area contributed by atoms with Gasteiger partial charge in [-0.05, 0) is 32.4 Å². The van der Waals surface area contributed by atoms with E-state index in [1.165, 1.54) is 6.07 Å². The Bertz CT molecular complexity index is 546. The molecule has 4 heteroatoms. The molecule has 0 fully saturated rings. The molecule has 0 aliphatic carbocycles. The molecule has 0 spiro atoms. The Morgan fingerprint density at radius 2 is 2.12 bits per heavy atom. The van der Waals surface area contributed by atoms with Crippen molar-refractivity contribution < 1.29 is 4.39 Å². The van der Waals surface area contributed by atoms with Crippen LogP contribution in [-0.2, 0) is 6.42 Å². The molecule has 17 heavy (non-hydrogen) atoms. The third kappa shape index (κ3) is 2.16. The first-order valence-corrected chi connectivity index (χ1v) is 6.31. The van der Waals surface area contributed by atoms with Crippen molar-refractivity contribution in [2.75, 3.05) is 5.88 Å². The topological polar surface area (TPSA) is 17.8 Å². The zero-order valence-electron chi connectivity index (χ0n) is 10.3. The monoisotopic (exact) mass is 254 g/mol. The third-order valence-electron chi connectivity index (χ3n) is 2.88. The van der Waals surface area contributed by atoms with Gasteiger partial charge >= 0.3 is 0 Å². The van der Waals surface area contributed by atoms with Crippen LogP contribution in [0.1, 0.15) is 31.3 Å². The van der Waals surface area contributed by atoms with Crippen LogP contribution in [0.3, 0.4) is 0 Å². The van der Waals surface area contributed by atoms with E-state index in [4.69, 9.17) is 11.6 Å². The van der Waals surface area contributed by atoms with Gasteiger partial charge in [0.2, 0.25) is 0 Å². The average Bonchev–Trinajstić information content (AvgIpc) is 2.57. The maximum Gasteiger partial charge on any atom is 0.128 e. The molecule has 0 unspecified atom stereocenters. The number of imidazole rings is 1. The number of rotatable bonds is 3. The van der Waals surface area contributed by atoms with Crippen LogP contribution in [0.15, 0.2) is 12.1 Å². The Kier molecular flexibility index (Phi) is 3.38. The molecule has 1 aromatic heterocycles. The second-order valence-electron chi connectivity index (χ2n) is 4.52. The summed E-state index contributed by atoms with van der Waals surface area (Å²) in [4.78, 5) is 4.46. The fraction of sp³-hybridized carbons (Fsp3) is 0.462. The largest absolute Gasteiger partial charge is 0.325 e. The Balaban J connectivity index is 2.71. The van der Waals surface area contributed by atoms with Crippen LogP contribution >= 0.6 is 11.6 Å². The van der Waals surface area contributed by atoms with Crippen molar-refractivity contribution in [3.05, 3.63) is 29.3 Å². The van der Waals surface area contributed by atoms with Gasteiger partial charge in [-0.1, -0.05) is 0 Å². The first kappa shape index (κ1) is 12.4. The summed E-state index contributed by atoms with van der Waals surface area (Å²) in [7, 11) is 0. The van der Waals surface area contributed by atoms with Gasteiger partial charge in [-0.3, -0.25) is 0 Å². The number of fused-ring (bicyclic) bond motifs is 1. The number of benzene rings is 1. The van der Waals surface area contributed by atoms with E-state index < -0.39 is 0 Å². The number of aryl methyl sites for hydroxylation is 2. The Labute approximate surface area is 105 Å². The van der Waals surface area contributed by atoms with Gasteiger partial charge in [0.15, 0.2) is 0 Å². The van der Waals surface area contributed by atoms with Gasteiger partial charge in [0.1, 0.15) is 11.6 Å². The standard InChI is InChI=1S/C13H16ClFN2/c1-8(2)17-12-6-9(3)10(15)7-11(12)16-13(17)4-5-14/h6-8H,4-5H2,1-3H3. The van der Waals surface area contributed by atoms with Crippen molar-refractivity contribution in [2.24, 2.45) is 0 Å². The third-order valence-corrected chi connectivity index (χ3v) is 3.07. The van der Waals surface area contributed by atoms with Gasteiger partial charge in [-0.15, -0.1) is 11.6 Å². The second-order valence-corrected chi connectivity index (χ2v) is 4.90. The van der Waals surface area contributed by atoms with E-state index in [0.29, 0.717) is 29.4 Å². The van der Waals surface area contributed by atoms with Crippen LogP contribution in [0.4, 0.5) is 4.39 Å². The molecule has 0 radical (unpaired) electrons. The summed E-state index contributed by atoms with van der Waals surface area (Å²) < 4.78 is 15.6. The fourth-order valence-electron chi connectivity index (χ4n) is 2.11. The maximum absolute atomic E-state index is 13.5. The van der Waals surface area contributed by atoms with Crippen molar-refractivity contribution in [1.82, 2.24) is 9.55 Å². The SMILES string of the molecule is Cc1cc2c(cc1F)nc(CCCl)n2C(C)C. The number of nitrogens with zero attached hydrogens (tertiary/aromatic N) is 2. The van der Waals surface area contributed by atoms with Crippen LogP contribution in [-0.4, -0.2) is 15.4 Å². The molecule has 2 aromatic rings. The second kappa shape index (κ2) is 4.65. The minimum atomic E-state index is -0.205. The summed E-state index contributed by atoms with van der Waals surface area (Å²) in [6, 6.07) is 3.65. The summed E-state index contributed by atoms with van der Waals surface area (Å²) in [6.45, 7) is 5.96. The molecule has 1 aromatic carbocycles. The van der Waals surface area contributed by atoms with Gasteiger partial charge in [0.25, 0.3) is 0 Å². The summed E-state index contributed by atoms with van der Waals surface area (Å²) in [6.07, 6.45) is 0.703. The number of alkyl halides is 1. The van der Waals surface area contributed by atoms with E-state index in [1.807, 2.05) is 6.07 Å². The van der Waals surface area contributed by atoms with Crippen molar-refractivity contribution in [2.45, 2.75) is 33.2 Å². The van der Waals surface area contributed by atoms with Gasteiger partial charge < -0.3 is 4.57 Å². The average molecular weight is 255 g/mol. The van der Waals surface area contributed by atoms with E-state index >= 15 is 0 Å². The van der Waals surface area contributed by atoms with Crippen LogP contribution < -0.4 is 0 Å². The predicted molar refractivity (Wildman–Crippen MR) is 69.2 cm³/mol. The molecule has 2 rings (SSSR count). The number of hydrogen-bond acceptors (Lipinski definition) is 1. The summed E-state index contributed by atoms with van der Waals surface area (Å²) >= 11 is 5.78. The predicted octanol–water partition coefficient (Wildman–Crippen LogP) is 3.85. The van der Waals surface area contributed by atoms with Gasteiger partial charge in [0.05, 0.1) is 11.0 Å². The first-order valence-electron chi connectivity index (χ1n) is 5.77. The van der Waals surface area contributed by atoms with Gasteiger partial charge in [-0.25, -0.2) is 9.37 Å². The number of aromatic nitrogens is 2. The van der Waals surface area contributed by atoms with Crippen molar-refractivity contribution in [1.29, 1.82) is 0 Å². The highest BCUT2D eigenvalue weighted by Gasteiger charge is 2.14. The normalized spacial score (nSPS) is 11.6. The van der Waals surface area contributed by atoms with Crippen molar-refractivity contribution in [3.63, 3.8) is 0 Å². The van der Waals surface area contributed by atoms with Gasteiger partial charge in [-0.2, -0.15) is 0 Å². The quantitative estimate of drug-likeness (QED) is 0.761. The molecule has 2 nitrogen and oxygen atoms in total. The van der Waals surface area contributed by atoms with E-state index in [1.54, 1.807) is 6.92 Å². The highest BCUT2D eigenvalue weighted by molar-refractivity contribution is 6.17. The molecule has 0 aliphatic heterocycles. The molecule has 0 atom stereocenters. The minimum Gasteiger partial charge on any atom is -0.325 e. The highest BCUT2D eigenvalue weighted by Crippen LogP contribution is 2.24. The number of halogens is 2. The van der Waals surface area contributed by atoms with Crippen LogP contribution in [0.25, 0.3) is 11.0 Å². The highest BCUT2D eigenvalue weighted by atomic mass is 35.5. The Hall–Kier alpha value is -1.09. The molecule has 92 valence electrons. The minimum absolute atomic E-state index is 0.205. The zero-order chi connectivity index (χ0) is 12.6. The first-order chi connectivity index (χ1) is 8.04. The summed E-state index contributed by atoms with van der Waals surface area (Å²) in [5.74, 6) is 1.25. The van der Waals surface area contributed by atoms with E-state index in [2.05, 4.69) is 23.4 Å². The zero-order valence-corrected chi connectivity index (χ0v) is 11.1. The van der Waals surface area contributed by atoms with E-state index in [0.717, 1.165) is 11.3 Å². The molecular weight excluding hydrogens is 239 g/mol. The lowest BCUT2D eigenvalue weighted by atomic mass is 10.2. The fourth-order valence-corrected chi connectivity index (χ4v) is 2.28. The molecule has 0 bridgehead atoms. The molecule has 0 saturated carbocycles. The smallest absolute Gasteiger partial charge is 0.128 e. The number of hydrogen-bond donors (Lipinski definition) is 0. The molecule has 0 N–H and O–H groups in total. The molecular formula is C13H16ClFN2. The molecule has 0 aliphatic rings. The summed E-state index contributed by atoms with van der Waals surface area (Å²) in [5.41, 5.74) is 2.35. The lowest BCUT2D eigenvalue weighted by Gasteiger charge is -2.12.